The van der Waals surface area contributed by atoms with E-state index in [1.54, 1.807) is 31.3 Å². The number of amides is 2. The average Bonchev–Trinajstić information content (AvgIpc) is 3.21. The first-order chi connectivity index (χ1) is 12.1. The number of urea groups is 1. The van der Waals surface area contributed by atoms with Gasteiger partial charge in [0.05, 0.1) is 24.4 Å². The zero-order chi connectivity index (χ0) is 17.8. The van der Waals surface area contributed by atoms with Gasteiger partial charge in [0.2, 0.25) is 0 Å². The molecule has 1 N–H and O–H groups in total. The summed E-state index contributed by atoms with van der Waals surface area (Å²) in [5.41, 5.74) is 1.11. The number of furan rings is 1. The van der Waals surface area contributed by atoms with Crippen LogP contribution in [-0.2, 0) is 13.6 Å². The second kappa shape index (κ2) is 6.88. The van der Waals surface area contributed by atoms with Crippen molar-refractivity contribution in [3.63, 3.8) is 0 Å². The van der Waals surface area contributed by atoms with Gasteiger partial charge in [0.15, 0.2) is 5.82 Å². The number of anilines is 2. The van der Waals surface area contributed by atoms with E-state index in [9.17, 15) is 4.79 Å². The maximum absolute atomic E-state index is 12.8. The summed E-state index contributed by atoms with van der Waals surface area (Å²) in [4.78, 5) is 14.3. The van der Waals surface area contributed by atoms with Gasteiger partial charge in [0.25, 0.3) is 0 Å². The van der Waals surface area contributed by atoms with Gasteiger partial charge >= 0.3 is 6.03 Å². The van der Waals surface area contributed by atoms with Crippen LogP contribution < -0.4 is 10.2 Å². The molecule has 0 bridgehead atoms. The molecule has 0 aliphatic carbocycles. The Bertz CT molecular complexity index is 919. The predicted molar refractivity (Wildman–Crippen MR) is 90.8 cm³/mol. The molecular formula is C17H16N6O2. The molecule has 0 saturated heterocycles. The summed E-state index contributed by atoms with van der Waals surface area (Å²) in [7, 11) is 1.71. The first-order valence-corrected chi connectivity index (χ1v) is 7.55. The normalized spacial score (nSPS) is 10.3. The minimum absolute atomic E-state index is 0.233. The van der Waals surface area contributed by atoms with Crippen molar-refractivity contribution in [2.24, 2.45) is 7.05 Å². The topological polar surface area (TPSA) is 100.0 Å². The van der Waals surface area contributed by atoms with E-state index in [2.05, 4.69) is 15.6 Å². The molecule has 8 heteroatoms. The smallest absolute Gasteiger partial charge is 0.327 e. The molecule has 0 unspecified atom stereocenters. The highest BCUT2D eigenvalue weighted by molar-refractivity contribution is 6.00. The van der Waals surface area contributed by atoms with Crippen molar-refractivity contribution in [1.29, 1.82) is 5.26 Å². The number of hydrogen-bond donors (Lipinski definition) is 1. The number of rotatable bonds is 4. The number of aromatic nitrogens is 3. The monoisotopic (exact) mass is 336 g/mol. The molecule has 0 spiro atoms. The number of carbonyl (C=O) groups excluding carboxylic acids is 1. The van der Waals surface area contributed by atoms with Gasteiger partial charge < -0.3 is 9.73 Å². The number of nitriles is 1. The third kappa shape index (κ3) is 3.67. The van der Waals surface area contributed by atoms with Crippen LogP contribution in [0.2, 0.25) is 0 Å². The fraction of sp³-hybridized carbons (Fsp3) is 0.176. The first-order valence-electron chi connectivity index (χ1n) is 7.55. The Morgan fingerprint density at radius 1 is 1.32 bits per heavy atom. The van der Waals surface area contributed by atoms with Crippen molar-refractivity contribution in [1.82, 2.24) is 15.0 Å². The van der Waals surface area contributed by atoms with E-state index in [0.717, 1.165) is 5.76 Å². The lowest BCUT2D eigenvalue weighted by atomic mass is 10.2. The highest BCUT2D eigenvalue weighted by Crippen LogP contribution is 2.19. The van der Waals surface area contributed by atoms with Gasteiger partial charge in [0.1, 0.15) is 11.5 Å². The summed E-state index contributed by atoms with van der Waals surface area (Å²) in [6.45, 7) is 2.08. The van der Waals surface area contributed by atoms with Gasteiger partial charge in [-0.1, -0.05) is 5.21 Å². The number of aryl methyl sites for hydroxylation is 2. The van der Waals surface area contributed by atoms with Crippen molar-refractivity contribution >= 4 is 17.5 Å². The number of carbonyl (C=O) groups is 1. The molecule has 126 valence electrons. The van der Waals surface area contributed by atoms with Crippen LogP contribution in [-0.4, -0.2) is 21.0 Å². The molecule has 0 fully saturated rings. The van der Waals surface area contributed by atoms with Crippen LogP contribution in [0.15, 0.2) is 47.0 Å². The first kappa shape index (κ1) is 16.3. The predicted octanol–water partition coefficient (Wildman–Crippen LogP) is 2.83. The van der Waals surface area contributed by atoms with E-state index in [1.807, 2.05) is 25.1 Å². The Morgan fingerprint density at radius 3 is 2.64 bits per heavy atom. The van der Waals surface area contributed by atoms with Gasteiger partial charge in [-0.05, 0) is 43.3 Å². The summed E-state index contributed by atoms with van der Waals surface area (Å²) in [5.74, 6) is 1.94. The lowest BCUT2D eigenvalue weighted by Crippen LogP contribution is -2.35. The average molecular weight is 336 g/mol. The van der Waals surface area contributed by atoms with E-state index in [-0.39, 0.29) is 12.6 Å². The largest absolute Gasteiger partial charge is 0.464 e. The van der Waals surface area contributed by atoms with Gasteiger partial charge in [-0.2, -0.15) is 5.26 Å². The molecule has 2 amide bonds. The van der Waals surface area contributed by atoms with Gasteiger partial charge in [-0.3, -0.25) is 4.90 Å². The second-order valence-electron chi connectivity index (χ2n) is 5.43. The molecule has 3 aromatic rings. The standard InChI is InChI=1S/C17H16N6O2/c1-12-3-8-15(25-12)11-23(16-10-19-21-22(16)2)17(24)20-14-6-4-13(9-18)5-7-14/h3-8,10H,11H2,1-2H3,(H,20,24). The lowest BCUT2D eigenvalue weighted by molar-refractivity contribution is 0.255. The summed E-state index contributed by atoms with van der Waals surface area (Å²) < 4.78 is 7.08. The van der Waals surface area contributed by atoms with Crippen molar-refractivity contribution in [3.05, 3.63) is 59.7 Å². The van der Waals surface area contributed by atoms with Gasteiger partial charge in [0, 0.05) is 12.7 Å². The SMILES string of the molecule is Cc1ccc(CN(C(=O)Nc2ccc(C#N)cc2)c2cnnn2C)o1. The summed E-state index contributed by atoms with van der Waals surface area (Å²) in [6, 6.07) is 12.0. The number of hydrogen-bond acceptors (Lipinski definition) is 5. The number of nitrogens with one attached hydrogen (secondary N) is 1. The zero-order valence-electron chi connectivity index (χ0n) is 13.8. The molecule has 0 aliphatic heterocycles. The van der Waals surface area contributed by atoms with Crippen LogP contribution in [0.25, 0.3) is 0 Å². The molecule has 2 heterocycles. The molecule has 0 saturated carbocycles. The minimum Gasteiger partial charge on any atom is -0.464 e. The fourth-order valence-corrected chi connectivity index (χ4v) is 2.33. The quantitative estimate of drug-likeness (QED) is 0.789. The van der Waals surface area contributed by atoms with Crippen LogP contribution in [0.5, 0.6) is 0 Å². The third-order valence-corrected chi connectivity index (χ3v) is 3.59. The lowest BCUT2D eigenvalue weighted by Gasteiger charge is -2.21. The van der Waals surface area contributed by atoms with Crippen LogP contribution in [0.4, 0.5) is 16.3 Å². The van der Waals surface area contributed by atoms with Crippen LogP contribution >= 0.6 is 0 Å². The van der Waals surface area contributed by atoms with Crippen LogP contribution in [0.3, 0.4) is 0 Å². The maximum atomic E-state index is 12.8. The Morgan fingerprint density at radius 2 is 2.08 bits per heavy atom. The van der Waals surface area contributed by atoms with Gasteiger partial charge in [-0.15, -0.1) is 5.10 Å². The minimum atomic E-state index is -0.357. The number of nitrogens with zero attached hydrogens (tertiary/aromatic N) is 5. The molecule has 0 aliphatic rings. The molecule has 3 rings (SSSR count). The van der Waals surface area contributed by atoms with E-state index in [1.165, 1.54) is 15.8 Å². The Balaban J connectivity index is 1.83. The Labute approximate surface area is 144 Å². The molecule has 0 atom stereocenters. The van der Waals surface area contributed by atoms with E-state index < -0.39 is 0 Å². The molecule has 1 aromatic carbocycles. The molecule has 0 radical (unpaired) electrons. The molecular weight excluding hydrogens is 320 g/mol. The van der Waals surface area contributed by atoms with Crippen molar-refractivity contribution in [3.8, 4) is 6.07 Å². The summed E-state index contributed by atoms with van der Waals surface area (Å²) in [6.07, 6.45) is 1.51. The van der Waals surface area contributed by atoms with Gasteiger partial charge in [-0.25, -0.2) is 9.48 Å². The number of benzene rings is 1. The fourth-order valence-electron chi connectivity index (χ4n) is 2.33. The highest BCUT2D eigenvalue weighted by atomic mass is 16.3. The van der Waals surface area contributed by atoms with Crippen molar-refractivity contribution < 1.29 is 9.21 Å². The molecule has 25 heavy (non-hydrogen) atoms. The molecule has 8 nitrogen and oxygen atoms in total. The summed E-state index contributed by atoms with van der Waals surface area (Å²) >= 11 is 0. The Hall–Kier alpha value is -3.60. The summed E-state index contributed by atoms with van der Waals surface area (Å²) in [5, 5.41) is 19.4. The van der Waals surface area contributed by atoms with Crippen molar-refractivity contribution in [2.75, 3.05) is 10.2 Å². The maximum Gasteiger partial charge on any atom is 0.327 e. The van der Waals surface area contributed by atoms with E-state index >= 15 is 0 Å². The third-order valence-electron chi connectivity index (χ3n) is 3.59. The van der Waals surface area contributed by atoms with Crippen molar-refractivity contribution in [2.45, 2.75) is 13.5 Å². The Kier molecular flexibility index (Phi) is 4.48. The van der Waals surface area contributed by atoms with Crippen LogP contribution in [0, 0.1) is 18.3 Å². The van der Waals surface area contributed by atoms with Crippen LogP contribution in [0.1, 0.15) is 17.1 Å². The zero-order valence-corrected chi connectivity index (χ0v) is 13.8. The van der Waals surface area contributed by atoms with E-state index in [4.69, 9.17) is 9.68 Å². The second-order valence-corrected chi connectivity index (χ2v) is 5.43. The highest BCUT2D eigenvalue weighted by Gasteiger charge is 2.21. The molecule has 2 aromatic heterocycles. The van der Waals surface area contributed by atoms with E-state index in [0.29, 0.717) is 22.8 Å².